The van der Waals surface area contributed by atoms with Gasteiger partial charge >= 0.3 is 12.0 Å². The first-order valence-corrected chi connectivity index (χ1v) is 6.54. The first kappa shape index (κ1) is 15.2. The summed E-state index contributed by atoms with van der Waals surface area (Å²) in [5, 5.41) is 19.8. The van der Waals surface area contributed by atoms with Crippen molar-refractivity contribution in [1.29, 1.82) is 0 Å². The van der Waals surface area contributed by atoms with Gasteiger partial charge in [0.15, 0.2) is 0 Å². The van der Waals surface area contributed by atoms with E-state index < -0.39 is 28.1 Å². The average Bonchev–Trinajstić information content (AvgIpc) is 2.52. The molecule has 5 nitrogen and oxygen atoms in total. The number of rotatable bonds is 4. The van der Waals surface area contributed by atoms with E-state index in [0.29, 0.717) is 12.2 Å². The van der Waals surface area contributed by atoms with Gasteiger partial charge in [0.2, 0.25) is 0 Å². The van der Waals surface area contributed by atoms with Crippen LogP contribution in [0.2, 0.25) is 0 Å². The molecule has 1 fully saturated rings. The summed E-state index contributed by atoms with van der Waals surface area (Å²) in [6, 6.07) is -0.445. The smallest absolute Gasteiger partial charge is 0.435 e. The molecule has 1 rings (SSSR count). The van der Waals surface area contributed by atoms with Gasteiger partial charge in [-0.1, -0.05) is 6.08 Å². The molecule has 1 aliphatic rings. The van der Waals surface area contributed by atoms with E-state index in [0.717, 1.165) is 0 Å². The largest absolute Gasteiger partial charge is 0.521 e. The van der Waals surface area contributed by atoms with Crippen LogP contribution in [0.25, 0.3) is 0 Å². The van der Waals surface area contributed by atoms with Gasteiger partial charge in [-0.2, -0.15) is 21.9 Å². The topological polar surface area (TPSA) is 74.6 Å². The SMILES string of the molecule is C=CCC1(O)C[C@@H](C)[N+](C(=O)O)(C(=O)CCS)C1. The summed E-state index contributed by atoms with van der Waals surface area (Å²) < 4.78 is -0.703. The van der Waals surface area contributed by atoms with Gasteiger partial charge in [-0.05, 0) is 13.3 Å². The highest BCUT2D eigenvalue weighted by molar-refractivity contribution is 7.80. The molecule has 1 heterocycles. The predicted molar refractivity (Wildman–Crippen MR) is 70.5 cm³/mol. The molecule has 0 bridgehead atoms. The number of imide groups is 1. The van der Waals surface area contributed by atoms with Gasteiger partial charge in [0, 0.05) is 12.2 Å². The summed E-state index contributed by atoms with van der Waals surface area (Å²) >= 11 is 3.97. The fourth-order valence-electron chi connectivity index (χ4n) is 2.80. The van der Waals surface area contributed by atoms with Crippen molar-refractivity contribution >= 4 is 24.6 Å². The zero-order valence-corrected chi connectivity index (χ0v) is 11.4. The second-order valence-corrected chi connectivity index (χ2v) is 5.39. The lowest BCUT2D eigenvalue weighted by molar-refractivity contribution is -0.795. The Labute approximate surface area is 112 Å². The predicted octanol–water partition coefficient (Wildman–Crippen LogP) is 1.43. The third-order valence-electron chi connectivity index (χ3n) is 3.61. The normalized spacial score (nSPS) is 35.4. The Kier molecular flexibility index (Phi) is 4.58. The Bertz CT molecular complexity index is 373. The highest BCUT2D eigenvalue weighted by Crippen LogP contribution is 2.37. The molecule has 1 aliphatic heterocycles. The first-order chi connectivity index (χ1) is 8.32. The third-order valence-corrected chi connectivity index (χ3v) is 3.83. The summed E-state index contributed by atoms with van der Waals surface area (Å²) in [4.78, 5) is 23.6. The van der Waals surface area contributed by atoms with Crippen LogP contribution in [0.15, 0.2) is 12.7 Å². The summed E-state index contributed by atoms with van der Waals surface area (Å²) in [5.74, 6) is -0.0939. The molecule has 0 saturated carbocycles. The maximum absolute atomic E-state index is 12.1. The van der Waals surface area contributed by atoms with Gasteiger partial charge in [0.05, 0.1) is 6.42 Å². The van der Waals surface area contributed by atoms with Crippen LogP contribution in [-0.4, -0.2) is 50.6 Å². The van der Waals surface area contributed by atoms with Crippen LogP contribution in [0.5, 0.6) is 0 Å². The van der Waals surface area contributed by atoms with E-state index >= 15 is 0 Å². The van der Waals surface area contributed by atoms with E-state index in [1.807, 2.05) is 0 Å². The number of amides is 2. The van der Waals surface area contributed by atoms with Crippen molar-refractivity contribution < 1.29 is 24.3 Å². The fraction of sp³-hybridized carbons (Fsp3) is 0.667. The summed E-state index contributed by atoms with van der Waals surface area (Å²) in [6.07, 6.45) is 1.01. The Hall–Kier alpha value is -0.850. The van der Waals surface area contributed by atoms with Crippen LogP contribution >= 0.6 is 12.6 Å². The van der Waals surface area contributed by atoms with E-state index in [2.05, 4.69) is 19.2 Å². The lowest BCUT2D eigenvalue weighted by atomic mass is 9.97. The van der Waals surface area contributed by atoms with Crippen molar-refractivity contribution in [2.45, 2.75) is 37.8 Å². The molecule has 0 aromatic rings. The second-order valence-electron chi connectivity index (χ2n) is 4.95. The van der Waals surface area contributed by atoms with E-state index in [1.165, 1.54) is 0 Å². The van der Waals surface area contributed by atoms with Crippen LogP contribution in [0, 0.1) is 0 Å². The van der Waals surface area contributed by atoms with Crippen LogP contribution in [-0.2, 0) is 4.79 Å². The maximum atomic E-state index is 12.1. The molecule has 0 aliphatic carbocycles. The second kappa shape index (κ2) is 5.42. The zero-order chi connectivity index (χ0) is 14.0. The van der Waals surface area contributed by atoms with Crippen molar-refractivity contribution in [2.75, 3.05) is 12.3 Å². The van der Waals surface area contributed by atoms with Crippen LogP contribution < -0.4 is 0 Å². The quantitative estimate of drug-likeness (QED) is 0.412. The van der Waals surface area contributed by atoms with Gasteiger partial charge in [-0.15, -0.1) is 6.58 Å². The molecule has 0 radical (unpaired) electrons. The number of likely N-dealkylation sites (tertiary alicyclic amines) is 1. The molecule has 18 heavy (non-hydrogen) atoms. The van der Waals surface area contributed by atoms with Crippen molar-refractivity contribution in [2.24, 2.45) is 0 Å². The Morgan fingerprint density at radius 3 is 2.67 bits per heavy atom. The molecular formula is C12H20NO4S+. The number of nitrogens with zero attached hydrogens (tertiary/aromatic N) is 1. The molecule has 0 aromatic carbocycles. The minimum atomic E-state index is -1.20. The summed E-state index contributed by atoms with van der Waals surface area (Å²) in [5.41, 5.74) is -1.16. The number of thiol groups is 1. The molecule has 102 valence electrons. The van der Waals surface area contributed by atoms with E-state index in [-0.39, 0.29) is 19.4 Å². The van der Waals surface area contributed by atoms with Crippen molar-refractivity contribution in [3.8, 4) is 0 Å². The monoisotopic (exact) mass is 274 g/mol. The Balaban J connectivity index is 3.10. The molecule has 1 saturated heterocycles. The van der Waals surface area contributed by atoms with Gasteiger partial charge < -0.3 is 10.2 Å². The first-order valence-electron chi connectivity index (χ1n) is 5.91. The van der Waals surface area contributed by atoms with Crippen molar-refractivity contribution in [3.05, 3.63) is 12.7 Å². The number of aliphatic hydroxyl groups is 1. The summed E-state index contributed by atoms with van der Waals surface area (Å²) in [7, 11) is 0. The fourth-order valence-corrected chi connectivity index (χ4v) is 2.99. The summed E-state index contributed by atoms with van der Waals surface area (Å²) in [6.45, 7) is 5.15. The molecule has 2 unspecified atom stereocenters. The van der Waals surface area contributed by atoms with Crippen LogP contribution in [0.1, 0.15) is 26.2 Å². The third kappa shape index (κ3) is 2.46. The van der Waals surface area contributed by atoms with Crippen molar-refractivity contribution in [3.63, 3.8) is 0 Å². The molecule has 6 heteroatoms. The van der Waals surface area contributed by atoms with Gasteiger partial charge in [-0.3, -0.25) is 0 Å². The highest BCUT2D eigenvalue weighted by atomic mass is 32.1. The number of hydrogen-bond acceptors (Lipinski definition) is 4. The standard InChI is InChI=1S/C12H19NO4S/c1-3-5-12(17)7-9(2)13(8-12,11(15)16)10(14)4-6-18/h3,9,17H,1,4-8H2,2H3,(H-,15,16,18)/p+1/t9-,12?,13?/m1/s1. The molecule has 3 atom stereocenters. The van der Waals surface area contributed by atoms with Gasteiger partial charge in [-0.25, -0.2) is 4.79 Å². The molecule has 0 aromatic heterocycles. The lowest BCUT2D eigenvalue weighted by Crippen LogP contribution is -2.60. The number of carbonyl (C=O) groups excluding carboxylic acids is 1. The van der Waals surface area contributed by atoms with Gasteiger partial charge in [0.1, 0.15) is 18.2 Å². The van der Waals surface area contributed by atoms with E-state index in [9.17, 15) is 19.8 Å². The molecular weight excluding hydrogens is 254 g/mol. The number of hydrogen-bond donors (Lipinski definition) is 3. The van der Waals surface area contributed by atoms with Crippen molar-refractivity contribution in [1.82, 2.24) is 0 Å². The van der Waals surface area contributed by atoms with Crippen LogP contribution in [0.3, 0.4) is 0 Å². The lowest BCUT2D eigenvalue weighted by Gasteiger charge is -2.30. The number of carboxylic acid groups (broad SMARTS) is 1. The molecule has 2 amide bonds. The minimum Gasteiger partial charge on any atom is -0.435 e. The molecule has 0 spiro atoms. The van der Waals surface area contributed by atoms with E-state index in [4.69, 9.17) is 0 Å². The number of carbonyl (C=O) groups is 2. The minimum absolute atomic E-state index is 0.0872. The molecule has 2 N–H and O–H groups in total. The maximum Gasteiger partial charge on any atom is 0.521 e. The zero-order valence-electron chi connectivity index (χ0n) is 10.5. The number of quaternary nitrogens is 1. The van der Waals surface area contributed by atoms with Gasteiger partial charge in [0.25, 0.3) is 0 Å². The Morgan fingerprint density at radius 2 is 2.22 bits per heavy atom. The highest BCUT2D eigenvalue weighted by Gasteiger charge is 2.60. The average molecular weight is 274 g/mol. The van der Waals surface area contributed by atoms with E-state index in [1.54, 1.807) is 13.0 Å². The van der Waals surface area contributed by atoms with Crippen LogP contribution in [0.4, 0.5) is 4.79 Å². The Morgan fingerprint density at radius 1 is 1.61 bits per heavy atom.